The van der Waals surface area contributed by atoms with Crippen LogP contribution in [0.2, 0.25) is 0 Å². The Labute approximate surface area is 300 Å². The summed E-state index contributed by atoms with van der Waals surface area (Å²) < 4.78 is 353. The van der Waals surface area contributed by atoms with Gasteiger partial charge in [0, 0.05) is 12.5 Å². The lowest BCUT2D eigenvalue weighted by Gasteiger charge is -2.45. The van der Waals surface area contributed by atoms with Crippen molar-refractivity contribution in [2.75, 3.05) is 6.73 Å². The number of isocyanates is 2. The molecule has 0 aliphatic carbocycles. The number of alkyl halides is 25. The third-order valence-corrected chi connectivity index (χ3v) is 7.22. The van der Waals surface area contributed by atoms with E-state index in [2.05, 4.69) is 14.7 Å². The molecule has 1 aromatic carbocycles. The number of aliphatic imine (C=N–C) groups is 2. The van der Waals surface area contributed by atoms with Crippen molar-refractivity contribution in [2.45, 2.75) is 85.2 Å². The number of hydrogen-bond donors (Lipinski definition) is 1. The molecule has 0 atom stereocenters. The van der Waals surface area contributed by atoms with Crippen LogP contribution in [-0.2, 0) is 25.0 Å². The molecular weight excluding hydrogens is 897 g/mol. The van der Waals surface area contributed by atoms with Crippen molar-refractivity contribution in [3.8, 4) is 0 Å². The molecule has 0 saturated carbocycles. The van der Waals surface area contributed by atoms with Crippen LogP contribution in [0.3, 0.4) is 0 Å². The van der Waals surface area contributed by atoms with E-state index in [-0.39, 0.29) is 6.92 Å². The summed E-state index contributed by atoms with van der Waals surface area (Å²) in [6, 6.07) is -0.989. The van der Waals surface area contributed by atoms with Crippen LogP contribution in [-0.4, -0.2) is 96.2 Å². The Kier molecular flexibility index (Phi) is 13.0. The Morgan fingerprint density at radius 2 is 0.897 bits per heavy atom. The second kappa shape index (κ2) is 14.8. The van der Waals surface area contributed by atoms with E-state index in [0.717, 1.165) is 0 Å². The third kappa shape index (κ3) is 6.95. The SMILES string of the molecule is CC(=O)OCNC(=O)c1c(C(F)(F)C(F)(F)C(F)(F)C(F)(F)C(F)(F)C(F)(F)C(F)(F)C(F)(F)C(F)(F)C(F)(F)C(F)(F)C(F)(F)F)cc(N=C=O)c(N=C=O)c1C. The summed E-state index contributed by atoms with van der Waals surface area (Å²) in [6.07, 6.45) is -7.33. The summed E-state index contributed by atoms with van der Waals surface area (Å²) in [6.45, 7) is -0.846. The minimum atomic E-state index is -9.81. The first-order chi connectivity index (χ1) is 25.4. The van der Waals surface area contributed by atoms with Crippen molar-refractivity contribution >= 4 is 35.4 Å². The highest BCUT2D eigenvalue weighted by Gasteiger charge is 2.99. The molecule has 0 heterocycles. The average molecular weight is 907 g/mol. The van der Waals surface area contributed by atoms with E-state index in [1.807, 2.05) is 0 Å². The standard InChI is InChI=1S/C25H10F25N3O5/c1-7-11(13(57)53-6-58-8(2)56)9(3-10(51-4-54)12(7)52-5-55)14(26,27)15(28,29)16(30,31)17(32,33)18(34,35)19(36,37)20(38,39)21(40,41)22(42,43)23(44,45)24(46,47)25(48,49)50/h3H,6H2,1-2H3,(H,53,57). The van der Waals surface area contributed by atoms with Gasteiger partial charge in [-0.3, -0.25) is 9.59 Å². The molecule has 330 valence electrons. The van der Waals surface area contributed by atoms with Crippen LogP contribution < -0.4 is 5.32 Å². The molecule has 0 saturated heterocycles. The Morgan fingerprint density at radius 1 is 0.569 bits per heavy atom. The molecule has 0 aliphatic heterocycles. The number of benzene rings is 1. The molecule has 0 bridgehead atoms. The van der Waals surface area contributed by atoms with E-state index in [4.69, 9.17) is 0 Å². The lowest BCUT2D eigenvalue weighted by atomic mass is 9.82. The van der Waals surface area contributed by atoms with Crippen LogP contribution in [0.25, 0.3) is 0 Å². The van der Waals surface area contributed by atoms with Gasteiger partial charge in [-0.2, -0.15) is 120 Å². The maximum Gasteiger partial charge on any atom is 0.460 e. The van der Waals surface area contributed by atoms with Gasteiger partial charge in [0.25, 0.3) is 5.91 Å². The van der Waals surface area contributed by atoms with Crippen LogP contribution in [0.15, 0.2) is 16.1 Å². The summed E-state index contributed by atoms with van der Waals surface area (Å²) in [5.74, 6) is -106. The number of nitrogens with one attached hydrogen (secondary N) is 1. The first kappa shape index (κ1) is 51.2. The molecule has 8 nitrogen and oxygen atoms in total. The molecule has 0 fully saturated rings. The molecule has 0 aliphatic rings. The number of rotatable bonds is 16. The fraction of sp³-hybridized carbons (Fsp3) is 0.600. The van der Waals surface area contributed by atoms with E-state index >= 15 is 8.78 Å². The van der Waals surface area contributed by atoms with E-state index in [9.17, 15) is 120 Å². The van der Waals surface area contributed by atoms with Crippen LogP contribution in [0.5, 0.6) is 0 Å². The Morgan fingerprint density at radius 3 is 1.21 bits per heavy atom. The molecular formula is C25H10F25N3O5. The lowest BCUT2D eigenvalue weighted by molar-refractivity contribution is -0.482. The van der Waals surface area contributed by atoms with Gasteiger partial charge in [0.05, 0.1) is 5.56 Å². The molecule has 0 spiro atoms. The van der Waals surface area contributed by atoms with Gasteiger partial charge in [0.1, 0.15) is 11.4 Å². The van der Waals surface area contributed by atoms with Gasteiger partial charge in [-0.05, 0) is 18.6 Å². The zero-order chi connectivity index (χ0) is 46.7. The highest BCUT2D eigenvalue weighted by molar-refractivity contribution is 6.00. The minimum Gasteiger partial charge on any atom is -0.445 e. The van der Waals surface area contributed by atoms with Crippen LogP contribution in [0.1, 0.15) is 28.4 Å². The quantitative estimate of drug-likeness (QED) is 0.0585. The summed E-state index contributed by atoms with van der Waals surface area (Å²) in [7, 11) is 0. The van der Waals surface area contributed by atoms with E-state index in [0.29, 0.717) is 19.1 Å². The number of carbonyl (C=O) groups is 2. The molecule has 33 heteroatoms. The number of carbonyl (C=O) groups excluding carboxylic acids is 4. The molecule has 1 rings (SSSR count). The lowest BCUT2D eigenvalue weighted by Crippen LogP contribution is -2.78. The third-order valence-electron chi connectivity index (χ3n) is 7.22. The second-order valence-corrected chi connectivity index (χ2v) is 10.8. The van der Waals surface area contributed by atoms with Gasteiger partial charge in [-0.25, -0.2) is 9.59 Å². The number of amides is 1. The van der Waals surface area contributed by atoms with Crippen molar-refractivity contribution in [1.29, 1.82) is 0 Å². The van der Waals surface area contributed by atoms with Crippen molar-refractivity contribution in [2.24, 2.45) is 9.98 Å². The fourth-order valence-electron chi connectivity index (χ4n) is 4.06. The Balaban J connectivity index is 4.27. The van der Waals surface area contributed by atoms with Gasteiger partial charge in [-0.1, -0.05) is 0 Å². The predicted molar refractivity (Wildman–Crippen MR) is 130 cm³/mol. The number of nitrogens with zero attached hydrogens (tertiary/aromatic N) is 2. The highest BCUT2D eigenvalue weighted by atomic mass is 19.4. The van der Waals surface area contributed by atoms with Crippen molar-refractivity contribution in [3.63, 3.8) is 0 Å². The predicted octanol–water partition coefficient (Wildman–Crippen LogP) is 9.19. The summed E-state index contributed by atoms with van der Waals surface area (Å²) in [4.78, 5) is 50.1. The minimum absolute atomic E-state index is 0.159. The Bertz CT molecular complexity index is 1880. The fourth-order valence-corrected chi connectivity index (χ4v) is 4.06. The summed E-state index contributed by atoms with van der Waals surface area (Å²) in [5, 5.41) is 1.20. The zero-order valence-electron chi connectivity index (χ0n) is 26.7. The largest absolute Gasteiger partial charge is 0.460 e. The van der Waals surface area contributed by atoms with Gasteiger partial charge in [0.2, 0.25) is 12.2 Å². The molecule has 1 aromatic rings. The molecule has 1 N–H and O–H groups in total. The van der Waals surface area contributed by atoms with Gasteiger partial charge < -0.3 is 10.1 Å². The number of esters is 1. The summed E-state index contributed by atoms with van der Waals surface area (Å²) in [5.41, 5.74) is -10.6. The number of ether oxygens (including phenoxy) is 1. The van der Waals surface area contributed by atoms with Gasteiger partial charge >= 0.3 is 77.3 Å². The first-order valence-electron chi connectivity index (χ1n) is 13.4. The highest BCUT2D eigenvalue weighted by Crippen LogP contribution is 2.68. The first-order valence-corrected chi connectivity index (χ1v) is 13.4. The smallest absolute Gasteiger partial charge is 0.445 e. The second-order valence-electron chi connectivity index (χ2n) is 10.8. The Hall–Kier alpha value is -4.83. The van der Waals surface area contributed by atoms with Crippen LogP contribution >= 0.6 is 0 Å². The average Bonchev–Trinajstić information content (AvgIpc) is 3.04. The number of hydrogen-bond acceptors (Lipinski definition) is 7. The molecule has 0 aromatic heterocycles. The van der Waals surface area contributed by atoms with Crippen molar-refractivity contribution in [3.05, 3.63) is 22.8 Å². The number of halogens is 25. The molecule has 0 radical (unpaired) electrons. The van der Waals surface area contributed by atoms with E-state index < -0.39 is 124 Å². The topological polar surface area (TPSA) is 114 Å². The molecule has 1 amide bonds. The molecule has 58 heavy (non-hydrogen) atoms. The van der Waals surface area contributed by atoms with Crippen molar-refractivity contribution in [1.82, 2.24) is 5.32 Å². The molecule has 0 unspecified atom stereocenters. The normalized spacial score (nSPS) is 14.7. The van der Waals surface area contributed by atoms with Crippen LogP contribution in [0, 0.1) is 6.92 Å². The van der Waals surface area contributed by atoms with Crippen LogP contribution in [0.4, 0.5) is 121 Å². The van der Waals surface area contributed by atoms with Crippen molar-refractivity contribution < 1.29 is 134 Å². The summed E-state index contributed by atoms with van der Waals surface area (Å²) >= 11 is 0. The van der Waals surface area contributed by atoms with Gasteiger partial charge in [0.15, 0.2) is 6.73 Å². The van der Waals surface area contributed by atoms with E-state index in [1.165, 1.54) is 5.32 Å². The maximum absolute atomic E-state index is 15.4. The van der Waals surface area contributed by atoms with E-state index in [1.54, 1.807) is 0 Å². The maximum atomic E-state index is 15.4. The zero-order valence-corrected chi connectivity index (χ0v) is 26.7. The van der Waals surface area contributed by atoms with Gasteiger partial charge in [-0.15, -0.1) is 0 Å². The monoisotopic (exact) mass is 907 g/mol.